The first-order valence-corrected chi connectivity index (χ1v) is 14.0. The number of thioether (sulfide) groups is 1. The molecule has 0 aromatic heterocycles. The van der Waals surface area contributed by atoms with Crippen LogP contribution in [0.4, 0.5) is 5.69 Å². The van der Waals surface area contributed by atoms with Crippen molar-refractivity contribution in [2.45, 2.75) is 17.6 Å². The monoisotopic (exact) mass is 556 g/mol. The summed E-state index contributed by atoms with van der Waals surface area (Å²) >= 11 is 20.2. The first kappa shape index (κ1) is 26.7. The molecule has 0 aliphatic carbocycles. The van der Waals surface area contributed by atoms with E-state index in [4.69, 9.17) is 34.8 Å². The molecule has 0 saturated carbocycles. The van der Waals surface area contributed by atoms with Gasteiger partial charge in [-0.15, -0.1) is 0 Å². The van der Waals surface area contributed by atoms with Gasteiger partial charge in [-0.2, -0.15) is 11.8 Å². The second-order valence-corrected chi connectivity index (χ2v) is 11.6. The Bertz CT molecular complexity index is 1250. The van der Waals surface area contributed by atoms with Crippen LogP contribution in [0, 0.1) is 6.92 Å². The van der Waals surface area contributed by atoms with Gasteiger partial charge in [0.15, 0.2) is 0 Å². The highest BCUT2D eigenvalue weighted by Gasteiger charge is 2.29. The molecule has 1 N–H and O–H groups in total. The number of carbonyl (C=O) groups is 1. The number of amides is 1. The molecule has 180 valence electrons. The fraction of sp³-hybridized carbons (Fsp3) is 0.208. The number of hydrogen-bond acceptors (Lipinski definition) is 4. The largest absolute Gasteiger partial charge is 0.354 e. The van der Waals surface area contributed by atoms with E-state index in [0.29, 0.717) is 23.1 Å². The van der Waals surface area contributed by atoms with E-state index in [0.717, 1.165) is 15.4 Å². The average molecular weight is 558 g/mol. The van der Waals surface area contributed by atoms with Crippen molar-refractivity contribution in [3.05, 3.63) is 92.9 Å². The molecule has 5 nitrogen and oxygen atoms in total. The molecule has 1 amide bonds. The molecule has 0 aliphatic heterocycles. The highest BCUT2D eigenvalue weighted by molar-refractivity contribution is 7.98. The van der Waals surface area contributed by atoms with Gasteiger partial charge in [-0.1, -0.05) is 76.8 Å². The Morgan fingerprint density at radius 3 is 2.32 bits per heavy atom. The topological polar surface area (TPSA) is 66.5 Å². The molecule has 34 heavy (non-hydrogen) atoms. The maximum atomic E-state index is 13.4. The van der Waals surface area contributed by atoms with Crippen molar-refractivity contribution < 1.29 is 13.2 Å². The number of nitrogens with one attached hydrogen (secondary N) is 1. The predicted molar refractivity (Wildman–Crippen MR) is 143 cm³/mol. The van der Waals surface area contributed by atoms with Crippen molar-refractivity contribution in [3.8, 4) is 0 Å². The van der Waals surface area contributed by atoms with Gasteiger partial charge in [0.2, 0.25) is 5.91 Å². The summed E-state index contributed by atoms with van der Waals surface area (Å²) in [4.78, 5) is 12.8. The van der Waals surface area contributed by atoms with Crippen LogP contribution >= 0.6 is 46.6 Å². The number of carbonyl (C=O) groups excluding carboxylic acids is 1. The summed E-state index contributed by atoms with van der Waals surface area (Å²) in [5.74, 6) is 0.895. The average Bonchev–Trinajstić information content (AvgIpc) is 2.80. The van der Waals surface area contributed by atoms with Crippen LogP contribution in [0.1, 0.15) is 11.1 Å². The summed E-state index contributed by atoms with van der Waals surface area (Å²) in [7, 11) is -4.07. The van der Waals surface area contributed by atoms with E-state index >= 15 is 0 Å². The fourth-order valence-corrected chi connectivity index (χ4v) is 6.09. The molecular weight excluding hydrogens is 535 g/mol. The smallest absolute Gasteiger partial charge is 0.264 e. The van der Waals surface area contributed by atoms with Gasteiger partial charge >= 0.3 is 0 Å². The SMILES string of the molecule is Cc1ccc(S(=O)(=O)N(CC(=O)NCCSCc2ccccc2Cl)c2cccc(Cl)c2Cl)cc1. The molecule has 3 aromatic rings. The number of nitrogens with zero attached hydrogens (tertiary/aromatic N) is 1. The number of halogens is 3. The minimum atomic E-state index is -4.07. The number of aryl methyl sites for hydroxylation is 1. The lowest BCUT2D eigenvalue weighted by Crippen LogP contribution is -2.41. The van der Waals surface area contributed by atoms with Crippen LogP contribution in [-0.4, -0.2) is 33.2 Å². The van der Waals surface area contributed by atoms with Crippen LogP contribution in [0.15, 0.2) is 71.6 Å². The van der Waals surface area contributed by atoms with Gasteiger partial charge in [0, 0.05) is 23.1 Å². The third-order valence-electron chi connectivity index (χ3n) is 4.88. The Morgan fingerprint density at radius 1 is 0.941 bits per heavy atom. The van der Waals surface area contributed by atoms with Crippen molar-refractivity contribution in [2.24, 2.45) is 0 Å². The molecular formula is C24H23Cl3N2O3S2. The summed E-state index contributed by atoms with van der Waals surface area (Å²) in [5.41, 5.74) is 2.07. The summed E-state index contributed by atoms with van der Waals surface area (Å²) in [6, 6.07) is 18.6. The van der Waals surface area contributed by atoms with Gasteiger partial charge in [0.25, 0.3) is 10.0 Å². The van der Waals surface area contributed by atoms with Gasteiger partial charge in [-0.05, 0) is 42.8 Å². The Morgan fingerprint density at radius 2 is 1.62 bits per heavy atom. The molecule has 0 aliphatic rings. The number of hydrogen-bond donors (Lipinski definition) is 1. The molecule has 3 aromatic carbocycles. The number of sulfonamides is 1. The number of benzene rings is 3. The lowest BCUT2D eigenvalue weighted by molar-refractivity contribution is -0.119. The lowest BCUT2D eigenvalue weighted by atomic mass is 10.2. The summed E-state index contributed by atoms with van der Waals surface area (Å²) in [6.45, 7) is 1.79. The summed E-state index contributed by atoms with van der Waals surface area (Å²) in [6.07, 6.45) is 0. The van der Waals surface area contributed by atoms with E-state index in [1.807, 2.05) is 31.2 Å². The second-order valence-electron chi connectivity index (χ2n) is 7.39. The van der Waals surface area contributed by atoms with Crippen LogP contribution in [0.25, 0.3) is 0 Å². The van der Waals surface area contributed by atoms with E-state index in [2.05, 4.69) is 5.32 Å². The second kappa shape index (κ2) is 12.2. The standard InChI is InChI=1S/C24H23Cl3N2O3S2/c1-17-9-11-19(12-10-17)34(31,32)29(22-8-4-7-21(26)24(22)27)15-23(30)28-13-14-33-16-18-5-2-3-6-20(18)25/h2-12H,13-16H2,1H3,(H,28,30). The van der Waals surface area contributed by atoms with Crippen molar-refractivity contribution in [1.29, 1.82) is 0 Å². The van der Waals surface area contributed by atoms with E-state index in [-0.39, 0.29) is 20.6 Å². The van der Waals surface area contributed by atoms with Crippen LogP contribution in [0.2, 0.25) is 15.1 Å². The van der Waals surface area contributed by atoms with Crippen LogP contribution < -0.4 is 9.62 Å². The predicted octanol–water partition coefficient (Wildman–Crippen LogP) is 6.20. The molecule has 0 radical (unpaired) electrons. The molecule has 0 saturated heterocycles. The third kappa shape index (κ3) is 6.83. The quantitative estimate of drug-likeness (QED) is 0.301. The third-order valence-corrected chi connectivity index (χ3v) is 8.84. The normalized spacial score (nSPS) is 11.3. The number of rotatable bonds is 10. The molecule has 0 unspecified atom stereocenters. The fourth-order valence-electron chi connectivity index (χ4n) is 3.07. The van der Waals surface area contributed by atoms with Gasteiger partial charge in [0.05, 0.1) is 20.6 Å². The minimum absolute atomic E-state index is 0.0530. The Balaban J connectivity index is 1.70. The van der Waals surface area contributed by atoms with Gasteiger partial charge in [-0.25, -0.2) is 8.42 Å². The van der Waals surface area contributed by atoms with Crippen molar-refractivity contribution in [1.82, 2.24) is 5.32 Å². The molecule has 10 heteroatoms. The molecule has 3 rings (SSSR count). The van der Waals surface area contributed by atoms with Crippen molar-refractivity contribution in [2.75, 3.05) is 23.1 Å². The zero-order valence-electron chi connectivity index (χ0n) is 18.3. The first-order chi connectivity index (χ1) is 16.2. The van der Waals surface area contributed by atoms with Crippen molar-refractivity contribution in [3.63, 3.8) is 0 Å². The van der Waals surface area contributed by atoms with E-state index in [1.165, 1.54) is 18.2 Å². The Labute approximate surface area is 219 Å². The van der Waals surface area contributed by atoms with Crippen LogP contribution in [-0.2, 0) is 20.6 Å². The van der Waals surface area contributed by atoms with E-state index in [1.54, 1.807) is 36.0 Å². The Hall–Kier alpha value is -1.90. The zero-order chi connectivity index (χ0) is 24.7. The lowest BCUT2D eigenvalue weighted by Gasteiger charge is -2.25. The molecule has 0 fully saturated rings. The van der Waals surface area contributed by atoms with E-state index in [9.17, 15) is 13.2 Å². The zero-order valence-corrected chi connectivity index (χ0v) is 22.2. The number of anilines is 1. The molecule has 0 bridgehead atoms. The van der Waals surface area contributed by atoms with E-state index < -0.39 is 22.5 Å². The maximum absolute atomic E-state index is 13.4. The Kier molecular flexibility index (Phi) is 9.56. The molecule has 0 spiro atoms. The first-order valence-electron chi connectivity index (χ1n) is 10.3. The summed E-state index contributed by atoms with van der Waals surface area (Å²) < 4.78 is 27.9. The van der Waals surface area contributed by atoms with Gasteiger partial charge in [-0.3, -0.25) is 9.10 Å². The van der Waals surface area contributed by atoms with Crippen molar-refractivity contribution >= 4 is 68.2 Å². The maximum Gasteiger partial charge on any atom is 0.264 e. The van der Waals surface area contributed by atoms with Gasteiger partial charge < -0.3 is 5.32 Å². The summed E-state index contributed by atoms with van der Waals surface area (Å²) in [5, 5.41) is 3.73. The minimum Gasteiger partial charge on any atom is -0.354 e. The molecule has 0 atom stereocenters. The van der Waals surface area contributed by atoms with Gasteiger partial charge in [0.1, 0.15) is 6.54 Å². The van der Waals surface area contributed by atoms with Crippen LogP contribution in [0.3, 0.4) is 0 Å². The molecule has 0 heterocycles. The van der Waals surface area contributed by atoms with Crippen LogP contribution in [0.5, 0.6) is 0 Å². The highest BCUT2D eigenvalue weighted by Crippen LogP contribution is 2.35. The highest BCUT2D eigenvalue weighted by atomic mass is 35.5.